The summed E-state index contributed by atoms with van der Waals surface area (Å²) in [5.41, 5.74) is 2.86. The molecule has 0 spiro atoms. The fourth-order valence-corrected chi connectivity index (χ4v) is 3.27. The van der Waals surface area contributed by atoms with Gasteiger partial charge in [0.1, 0.15) is 5.82 Å². The lowest BCUT2D eigenvalue weighted by Crippen LogP contribution is -1.98. The summed E-state index contributed by atoms with van der Waals surface area (Å²) in [7, 11) is 0. The van der Waals surface area contributed by atoms with Crippen LogP contribution in [0.15, 0.2) is 29.0 Å². The molecule has 1 aromatic carbocycles. The Hall–Kier alpha value is -0.730. The minimum atomic E-state index is -0.212. The van der Waals surface area contributed by atoms with Crippen LogP contribution in [0.2, 0.25) is 0 Å². The van der Waals surface area contributed by atoms with Crippen LogP contribution in [-0.4, -0.2) is 9.55 Å². The van der Waals surface area contributed by atoms with E-state index in [0.29, 0.717) is 14.9 Å². The van der Waals surface area contributed by atoms with Crippen molar-refractivity contribution in [1.82, 2.24) is 9.55 Å². The molecule has 0 unspecified atom stereocenters. The van der Waals surface area contributed by atoms with E-state index in [2.05, 4.69) is 10.4 Å². The van der Waals surface area contributed by atoms with E-state index in [4.69, 9.17) is 12.2 Å². The number of hydrogen-bond acceptors (Lipinski definition) is 2. The Morgan fingerprint density at radius 1 is 1.44 bits per heavy atom. The first kappa shape index (κ1) is 12.3. The smallest absolute Gasteiger partial charge is 0.178 e. The van der Waals surface area contributed by atoms with E-state index in [1.165, 1.54) is 11.6 Å². The van der Waals surface area contributed by atoms with Gasteiger partial charge in [0.25, 0.3) is 0 Å². The van der Waals surface area contributed by atoms with Gasteiger partial charge in [0.05, 0.1) is 21.1 Å². The molecule has 0 bridgehead atoms. The van der Waals surface area contributed by atoms with E-state index in [9.17, 15) is 4.39 Å². The van der Waals surface area contributed by atoms with Crippen LogP contribution in [0.4, 0.5) is 4.39 Å². The zero-order valence-corrected chi connectivity index (χ0v) is 12.9. The average Bonchev–Trinajstić information content (AvgIpc) is 2.92. The molecule has 0 amide bonds. The summed E-state index contributed by atoms with van der Waals surface area (Å²) >= 11 is 8.92. The molecule has 0 atom stereocenters. The highest BCUT2D eigenvalue weighted by Crippen LogP contribution is 2.22. The van der Waals surface area contributed by atoms with Crippen molar-refractivity contribution in [2.45, 2.75) is 6.54 Å². The van der Waals surface area contributed by atoms with Gasteiger partial charge in [0.2, 0.25) is 0 Å². The summed E-state index contributed by atoms with van der Waals surface area (Å²) in [6, 6.07) is 5.37. The highest BCUT2D eigenvalue weighted by Gasteiger charge is 2.09. The van der Waals surface area contributed by atoms with Crippen molar-refractivity contribution in [2.75, 3.05) is 0 Å². The molecule has 2 heterocycles. The van der Waals surface area contributed by atoms with Gasteiger partial charge in [0.15, 0.2) is 4.77 Å². The zero-order chi connectivity index (χ0) is 12.7. The van der Waals surface area contributed by atoms with Crippen molar-refractivity contribution >= 4 is 57.2 Å². The number of aromatic nitrogens is 2. The van der Waals surface area contributed by atoms with Gasteiger partial charge in [-0.05, 0) is 63.3 Å². The quantitative estimate of drug-likeness (QED) is 0.503. The number of aromatic amines is 1. The fourth-order valence-electron chi connectivity index (χ4n) is 1.87. The van der Waals surface area contributed by atoms with Crippen LogP contribution in [0.25, 0.3) is 11.0 Å². The van der Waals surface area contributed by atoms with Crippen molar-refractivity contribution in [1.29, 1.82) is 0 Å². The van der Waals surface area contributed by atoms with Crippen molar-refractivity contribution < 1.29 is 4.39 Å². The van der Waals surface area contributed by atoms with E-state index < -0.39 is 0 Å². The average molecular weight is 390 g/mol. The standard InChI is InChI=1S/C12H8FIN2S2/c13-8-3-11-10(4-9(8)14)15-12(17)16(11)5-7-1-2-18-6-7/h1-4,6H,5H2,(H,15,17). The first-order valence-corrected chi connectivity index (χ1v) is 7.67. The molecular formula is C12H8FIN2S2. The number of imidazole rings is 1. The number of thiophene rings is 1. The second-order valence-electron chi connectivity index (χ2n) is 3.93. The van der Waals surface area contributed by atoms with E-state index in [1.807, 2.05) is 38.6 Å². The topological polar surface area (TPSA) is 20.7 Å². The largest absolute Gasteiger partial charge is 0.331 e. The predicted molar refractivity (Wildman–Crippen MR) is 83.2 cm³/mol. The Balaban J connectivity index is 2.19. The molecule has 2 aromatic heterocycles. The molecule has 0 radical (unpaired) electrons. The van der Waals surface area contributed by atoms with Crippen molar-refractivity contribution in [3.63, 3.8) is 0 Å². The maximum atomic E-state index is 13.7. The Morgan fingerprint density at radius 3 is 3.00 bits per heavy atom. The predicted octanol–water partition coefficient (Wildman–Crippen LogP) is 4.55. The summed E-state index contributed by atoms with van der Waals surface area (Å²) in [4.78, 5) is 3.12. The molecule has 0 aliphatic rings. The minimum Gasteiger partial charge on any atom is -0.331 e. The molecule has 6 heteroatoms. The lowest BCUT2D eigenvalue weighted by Gasteiger charge is -2.03. The number of rotatable bonds is 2. The second kappa shape index (κ2) is 4.75. The molecule has 92 valence electrons. The van der Waals surface area contributed by atoms with Crippen molar-refractivity contribution in [3.05, 3.63) is 48.7 Å². The van der Waals surface area contributed by atoms with Crippen LogP contribution < -0.4 is 0 Å². The lowest BCUT2D eigenvalue weighted by molar-refractivity contribution is 0.621. The van der Waals surface area contributed by atoms with E-state index in [0.717, 1.165) is 11.0 Å². The van der Waals surface area contributed by atoms with Gasteiger partial charge < -0.3 is 9.55 Å². The van der Waals surface area contributed by atoms with Gasteiger partial charge in [-0.2, -0.15) is 11.3 Å². The Morgan fingerprint density at radius 2 is 2.28 bits per heavy atom. The van der Waals surface area contributed by atoms with Gasteiger partial charge in [-0.3, -0.25) is 0 Å². The number of nitrogens with one attached hydrogen (secondary N) is 1. The first-order valence-electron chi connectivity index (χ1n) is 5.24. The van der Waals surface area contributed by atoms with Gasteiger partial charge in [-0.25, -0.2) is 4.39 Å². The SMILES string of the molecule is Fc1cc2c(cc1I)[nH]c(=S)n2Cc1ccsc1. The summed E-state index contributed by atoms with van der Waals surface area (Å²) in [5.74, 6) is -0.212. The highest BCUT2D eigenvalue weighted by molar-refractivity contribution is 14.1. The van der Waals surface area contributed by atoms with E-state index in [-0.39, 0.29) is 5.82 Å². The Kier molecular flexibility index (Phi) is 3.25. The van der Waals surface area contributed by atoms with Crippen LogP contribution in [0.1, 0.15) is 5.56 Å². The lowest BCUT2D eigenvalue weighted by atomic mass is 10.3. The maximum Gasteiger partial charge on any atom is 0.178 e. The summed E-state index contributed by atoms with van der Waals surface area (Å²) in [6.07, 6.45) is 0. The third-order valence-corrected chi connectivity index (χ3v) is 4.62. The Labute approximate surface area is 126 Å². The minimum absolute atomic E-state index is 0.212. The molecule has 0 aliphatic heterocycles. The third-order valence-electron chi connectivity index (χ3n) is 2.74. The molecule has 1 N–H and O–H groups in total. The number of H-pyrrole nitrogens is 1. The maximum absolute atomic E-state index is 13.7. The van der Waals surface area contributed by atoms with Crippen molar-refractivity contribution in [2.24, 2.45) is 0 Å². The molecule has 0 aliphatic carbocycles. The van der Waals surface area contributed by atoms with Gasteiger partial charge in [-0.1, -0.05) is 0 Å². The number of hydrogen-bond donors (Lipinski definition) is 1. The number of fused-ring (bicyclic) bond motifs is 1. The number of nitrogens with zero attached hydrogens (tertiary/aromatic N) is 1. The third kappa shape index (κ3) is 2.12. The molecular weight excluding hydrogens is 382 g/mol. The van der Waals surface area contributed by atoms with Crippen LogP contribution in [-0.2, 0) is 6.54 Å². The van der Waals surface area contributed by atoms with Crippen LogP contribution in [0, 0.1) is 14.2 Å². The molecule has 0 fully saturated rings. The highest BCUT2D eigenvalue weighted by atomic mass is 127. The summed E-state index contributed by atoms with van der Waals surface area (Å²) < 4.78 is 16.8. The van der Waals surface area contributed by atoms with Crippen LogP contribution >= 0.6 is 46.1 Å². The molecule has 3 rings (SSSR count). The number of halogens is 2. The van der Waals surface area contributed by atoms with Gasteiger partial charge in [0, 0.05) is 6.07 Å². The van der Waals surface area contributed by atoms with E-state index >= 15 is 0 Å². The van der Waals surface area contributed by atoms with Gasteiger partial charge >= 0.3 is 0 Å². The molecule has 3 aromatic rings. The second-order valence-corrected chi connectivity index (χ2v) is 6.26. The molecule has 0 saturated carbocycles. The monoisotopic (exact) mass is 390 g/mol. The summed E-state index contributed by atoms with van der Waals surface area (Å²) in [5, 5.41) is 4.10. The van der Waals surface area contributed by atoms with E-state index in [1.54, 1.807) is 17.4 Å². The molecule has 0 saturated heterocycles. The zero-order valence-electron chi connectivity index (χ0n) is 9.11. The Bertz CT molecular complexity index is 758. The van der Waals surface area contributed by atoms with Crippen molar-refractivity contribution in [3.8, 4) is 0 Å². The normalized spacial score (nSPS) is 11.2. The molecule has 18 heavy (non-hydrogen) atoms. The van der Waals surface area contributed by atoms with Gasteiger partial charge in [-0.15, -0.1) is 0 Å². The fraction of sp³-hybridized carbons (Fsp3) is 0.0833. The summed E-state index contributed by atoms with van der Waals surface area (Å²) in [6.45, 7) is 0.669. The van der Waals surface area contributed by atoms with Crippen LogP contribution in [0.3, 0.4) is 0 Å². The molecule has 2 nitrogen and oxygen atoms in total. The number of benzene rings is 1. The first-order chi connectivity index (χ1) is 8.65. The van der Waals surface area contributed by atoms with Crippen LogP contribution in [0.5, 0.6) is 0 Å².